The van der Waals surface area contributed by atoms with Crippen LogP contribution in [0.25, 0.3) is 0 Å². The molecule has 2 amide bonds. The Kier molecular flexibility index (Phi) is 8.51. The van der Waals surface area contributed by atoms with Crippen LogP contribution in [0.2, 0.25) is 5.02 Å². The first-order valence-corrected chi connectivity index (χ1v) is 10.9. The quantitative estimate of drug-likeness (QED) is 0.151. The van der Waals surface area contributed by atoms with E-state index >= 15 is 0 Å². The van der Waals surface area contributed by atoms with Crippen molar-refractivity contribution < 1.29 is 37.0 Å². The number of alkyl halides is 3. The molecule has 0 saturated heterocycles. The first-order chi connectivity index (χ1) is 17.5. The summed E-state index contributed by atoms with van der Waals surface area (Å²) in [4.78, 5) is 37.1. The molecule has 0 unspecified atom stereocenters. The summed E-state index contributed by atoms with van der Waals surface area (Å²) in [7, 11) is 1.41. The Morgan fingerprint density at radius 3 is 2.16 bits per heavy atom. The van der Waals surface area contributed by atoms with E-state index in [1.807, 2.05) is 10.7 Å². The van der Waals surface area contributed by atoms with Crippen molar-refractivity contribution in [3.63, 3.8) is 0 Å². The summed E-state index contributed by atoms with van der Waals surface area (Å²) in [5.74, 6) is -2.83. The lowest BCUT2D eigenvalue weighted by Gasteiger charge is -2.12. The zero-order chi connectivity index (χ0) is 27.2. The molecule has 3 aromatic carbocycles. The number of carbonyl (C=O) groups is 3. The molecule has 0 aromatic heterocycles. The Balaban J connectivity index is 1.72. The molecule has 0 fully saturated rings. The molecule has 0 aliphatic heterocycles. The second kappa shape index (κ2) is 11.6. The molecule has 12 heteroatoms. The second-order valence-electron chi connectivity index (χ2n) is 7.37. The summed E-state index contributed by atoms with van der Waals surface area (Å²) < 4.78 is 49.4. The third kappa shape index (κ3) is 6.85. The topological polar surface area (TPSA) is 106 Å². The van der Waals surface area contributed by atoms with Gasteiger partial charge in [-0.05, 0) is 49.4 Å². The van der Waals surface area contributed by atoms with Crippen LogP contribution in [-0.2, 0) is 15.8 Å². The van der Waals surface area contributed by atoms with E-state index in [0.717, 1.165) is 12.1 Å². The number of carbonyl (C=O) groups excluding carboxylic acids is 3. The van der Waals surface area contributed by atoms with E-state index in [0.29, 0.717) is 17.4 Å². The number of halogens is 4. The number of hydrogen-bond acceptors (Lipinski definition) is 6. The number of anilines is 1. The van der Waals surface area contributed by atoms with Gasteiger partial charge in [0.05, 0.1) is 29.1 Å². The van der Waals surface area contributed by atoms with Gasteiger partial charge in [-0.3, -0.25) is 9.59 Å². The largest absolute Gasteiger partial charge is 0.496 e. The Morgan fingerprint density at radius 2 is 1.51 bits per heavy atom. The number of amides is 2. The number of hydrogen-bond donors (Lipinski definition) is 2. The van der Waals surface area contributed by atoms with Gasteiger partial charge in [0.1, 0.15) is 17.1 Å². The van der Waals surface area contributed by atoms with E-state index in [-0.39, 0.29) is 22.0 Å². The number of methoxy groups -OCH3 is 1. The number of rotatable bonds is 6. The first kappa shape index (κ1) is 27.2. The van der Waals surface area contributed by atoms with Crippen LogP contribution in [0, 0.1) is 0 Å². The summed E-state index contributed by atoms with van der Waals surface area (Å²) in [5.41, 5.74) is 1.24. The number of hydrazone groups is 1. The summed E-state index contributed by atoms with van der Waals surface area (Å²) >= 11 is 5.83. The number of nitrogens with one attached hydrogen (secondary N) is 2. The highest BCUT2D eigenvalue weighted by Crippen LogP contribution is 2.33. The Morgan fingerprint density at radius 1 is 0.892 bits per heavy atom. The van der Waals surface area contributed by atoms with E-state index in [1.54, 1.807) is 36.4 Å². The van der Waals surface area contributed by atoms with E-state index in [9.17, 15) is 27.6 Å². The van der Waals surface area contributed by atoms with Crippen molar-refractivity contribution in [1.82, 2.24) is 5.43 Å². The van der Waals surface area contributed by atoms with Crippen molar-refractivity contribution in [1.29, 1.82) is 0 Å². The van der Waals surface area contributed by atoms with Crippen LogP contribution in [-0.4, -0.2) is 30.6 Å². The minimum atomic E-state index is -4.67. The third-order valence-electron chi connectivity index (χ3n) is 4.88. The standard InChI is InChI=1S/C25H19ClF3N3O5/c1-14(16-7-3-6-10-21(16)37-24(35)17-8-4-5-9-20(17)36-2)31-32-23(34)22(33)30-19-13-15(25(27,28)29)11-12-18(19)26/h3-13H,1-2H3,(H,30,33)(H,32,34)/b31-14+. The molecular weight excluding hydrogens is 515 g/mol. The van der Waals surface area contributed by atoms with Crippen LogP contribution < -0.4 is 20.2 Å². The predicted octanol–water partition coefficient (Wildman–Crippen LogP) is 5.07. The van der Waals surface area contributed by atoms with Crippen LogP contribution in [0.5, 0.6) is 11.5 Å². The van der Waals surface area contributed by atoms with Gasteiger partial charge in [0.25, 0.3) is 0 Å². The summed E-state index contributed by atoms with van der Waals surface area (Å²) in [6.07, 6.45) is -4.67. The van der Waals surface area contributed by atoms with E-state index in [4.69, 9.17) is 21.1 Å². The van der Waals surface area contributed by atoms with Crippen molar-refractivity contribution in [3.8, 4) is 11.5 Å². The molecule has 0 radical (unpaired) electrons. The molecule has 0 atom stereocenters. The molecule has 2 N–H and O–H groups in total. The maximum atomic E-state index is 12.9. The van der Waals surface area contributed by atoms with Crippen molar-refractivity contribution >= 4 is 40.8 Å². The number of para-hydroxylation sites is 2. The average Bonchev–Trinajstić information content (AvgIpc) is 2.87. The minimum absolute atomic E-state index is 0.120. The van der Waals surface area contributed by atoms with Crippen molar-refractivity contribution in [3.05, 3.63) is 88.4 Å². The summed E-state index contributed by atoms with van der Waals surface area (Å²) in [5, 5.41) is 5.66. The third-order valence-corrected chi connectivity index (χ3v) is 5.21. The SMILES string of the molecule is COc1ccccc1C(=O)Oc1ccccc1/C(C)=N/NC(=O)C(=O)Nc1cc(C(F)(F)F)ccc1Cl. The van der Waals surface area contributed by atoms with Gasteiger partial charge in [0.15, 0.2) is 0 Å². The molecule has 192 valence electrons. The fourth-order valence-corrected chi connectivity index (χ4v) is 3.21. The number of ether oxygens (including phenoxy) is 2. The monoisotopic (exact) mass is 533 g/mol. The molecule has 0 bridgehead atoms. The molecule has 0 heterocycles. The molecule has 3 aromatic rings. The highest BCUT2D eigenvalue weighted by atomic mass is 35.5. The van der Waals surface area contributed by atoms with Gasteiger partial charge in [-0.15, -0.1) is 0 Å². The summed E-state index contributed by atoms with van der Waals surface area (Å²) in [6, 6.07) is 15.1. The molecule has 0 saturated carbocycles. The van der Waals surface area contributed by atoms with E-state index in [1.165, 1.54) is 26.2 Å². The van der Waals surface area contributed by atoms with Crippen LogP contribution >= 0.6 is 11.6 Å². The van der Waals surface area contributed by atoms with Gasteiger partial charge in [-0.25, -0.2) is 10.2 Å². The van der Waals surface area contributed by atoms with Crippen LogP contribution in [0.15, 0.2) is 71.8 Å². The molecule has 8 nitrogen and oxygen atoms in total. The van der Waals surface area contributed by atoms with Crippen molar-refractivity contribution in [2.45, 2.75) is 13.1 Å². The van der Waals surface area contributed by atoms with Gasteiger partial charge in [0, 0.05) is 5.56 Å². The second-order valence-corrected chi connectivity index (χ2v) is 7.78. The lowest BCUT2D eigenvalue weighted by atomic mass is 10.1. The van der Waals surface area contributed by atoms with Gasteiger partial charge in [0.2, 0.25) is 0 Å². The van der Waals surface area contributed by atoms with E-state index in [2.05, 4.69) is 5.10 Å². The highest BCUT2D eigenvalue weighted by Gasteiger charge is 2.31. The Labute approximate surface area is 214 Å². The van der Waals surface area contributed by atoms with Crippen LogP contribution in [0.4, 0.5) is 18.9 Å². The maximum absolute atomic E-state index is 12.9. The zero-order valence-electron chi connectivity index (χ0n) is 19.4. The molecule has 37 heavy (non-hydrogen) atoms. The smallest absolute Gasteiger partial charge is 0.416 e. The number of nitrogens with zero attached hydrogens (tertiary/aromatic N) is 1. The molecule has 0 spiro atoms. The van der Waals surface area contributed by atoms with E-state index < -0.39 is 35.2 Å². The zero-order valence-corrected chi connectivity index (χ0v) is 20.1. The fourth-order valence-electron chi connectivity index (χ4n) is 3.04. The van der Waals surface area contributed by atoms with Crippen LogP contribution in [0.3, 0.4) is 0 Å². The van der Waals surface area contributed by atoms with Gasteiger partial charge in [-0.2, -0.15) is 18.3 Å². The minimum Gasteiger partial charge on any atom is -0.496 e. The molecule has 3 rings (SSSR count). The molecule has 0 aliphatic rings. The highest BCUT2D eigenvalue weighted by molar-refractivity contribution is 6.41. The van der Waals surface area contributed by atoms with Gasteiger partial charge >= 0.3 is 24.0 Å². The van der Waals surface area contributed by atoms with Gasteiger partial charge < -0.3 is 14.8 Å². The average molecular weight is 534 g/mol. The van der Waals surface area contributed by atoms with Crippen molar-refractivity contribution in [2.75, 3.05) is 12.4 Å². The fraction of sp³-hybridized carbons (Fsp3) is 0.120. The number of benzene rings is 3. The maximum Gasteiger partial charge on any atom is 0.416 e. The molecule has 0 aliphatic carbocycles. The van der Waals surface area contributed by atoms with Gasteiger partial charge in [-0.1, -0.05) is 35.9 Å². The first-order valence-electron chi connectivity index (χ1n) is 10.5. The lowest BCUT2D eigenvalue weighted by molar-refractivity contribution is -0.137. The van der Waals surface area contributed by atoms with Crippen molar-refractivity contribution in [2.24, 2.45) is 5.10 Å². The number of esters is 1. The Bertz CT molecular complexity index is 1380. The normalized spacial score (nSPS) is 11.5. The summed E-state index contributed by atoms with van der Waals surface area (Å²) in [6.45, 7) is 1.48. The predicted molar refractivity (Wildman–Crippen MR) is 130 cm³/mol. The molecular formula is C25H19ClF3N3O5. The van der Waals surface area contributed by atoms with Crippen LogP contribution in [0.1, 0.15) is 28.4 Å². The Hall–Kier alpha value is -4.38. The lowest BCUT2D eigenvalue weighted by Crippen LogP contribution is -2.33.